The van der Waals surface area contributed by atoms with Crippen molar-refractivity contribution in [3.8, 4) is 0 Å². The Hall–Kier alpha value is -1.14. The normalized spacial score (nSPS) is 27.1. The van der Waals surface area contributed by atoms with E-state index in [9.17, 15) is 22.7 Å². The first-order chi connectivity index (χ1) is 9.70. The van der Waals surface area contributed by atoms with Gasteiger partial charge in [0.05, 0.1) is 11.7 Å². The second-order valence-electron chi connectivity index (χ2n) is 5.84. The predicted octanol–water partition coefficient (Wildman–Crippen LogP) is 3.40. The Morgan fingerprint density at radius 3 is 2.43 bits per heavy atom. The molecule has 0 aromatic heterocycles. The Morgan fingerprint density at radius 1 is 1.19 bits per heavy atom. The van der Waals surface area contributed by atoms with Gasteiger partial charge in [0, 0.05) is 6.04 Å². The van der Waals surface area contributed by atoms with Crippen molar-refractivity contribution in [2.75, 3.05) is 14.1 Å². The molecule has 0 spiro atoms. The van der Waals surface area contributed by atoms with E-state index in [1.165, 1.54) is 0 Å². The number of alkyl halides is 3. The first kappa shape index (κ1) is 16.2. The van der Waals surface area contributed by atoms with Crippen LogP contribution in [0.1, 0.15) is 36.3 Å². The molecule has 0 heterocycles. The highest BCUT2D eigenvalue weighted by atomic mass is 19.4. The molecule has 118 valence electrons. The van der Waals surface area contributed by atoms with Gasteiger partial charge in [0.2, 0.25) is 0 Å². The Balaban J connectivity index is 2.29. The van der Waals surface area contributed by atoms with Crippen LogP contribution < -0.4 is 0 Å². The molecule has 0 aliphatic heterocycles. The summed E-state index contributed by atoms with van der Waals surface area (Å²) >= 11 is 0. The van der Waals surface area contributed by atoms with Gasteiger partial charge in [-0.05, 0) is 63.0 Å². The van der Waals surface area contributed by atoms with Gasteiger partial charge >= 0.3 is 6.18 Å². The topological polar surface area (TPSA) is 23.5 Å². The maximum atomic E-state index is 13.9. The number of hydrogen-bond donors (Lipinski definition) is 1. The zero-order chi connectivity index (χ0) is 15.8. The van der Waals surface area contributed by atoms with Crippen molar-refractivity contribution in [1.29, 1.82) is 0 Å². The molecule has 1 aromatic carbocycles. The molecule has 1 N–H and O–H groups in total. The SMILES string of the molecule is CN(C)[C@H]1C[C@@H](c2cc(C(F)(F)F)ccc2F)CC[C@@H]1O. The summed E-state index contributed by atoms with van der Waals surface area (Å²) in [6.45, 7) is 0. The summed E-state index contributed by atoms with van der Waals surface area (Å²) in [5, 5.41) is 9.94. The van der Waals surface area contributed by atoms with Gasteiger partial charge in [-0.1, -0.05) is 0 Å². The summed E-state index contributed by atoms with van der Waals surface area (Å²) in [5.41, 5.74) is -0.727. The summed E-state index contributed by atoms with van der Waals surface area (Å²) in [6.07, 6.45) is -3.60. The Bertz CT molecular complexity index is 501. The van der Waals surface area contributed by atoms with Gasteiger partial charge in [0.1, 0.15) is 5.82 Å². The average molecular weight is 305 g/mol. The van der Waals surface area contributed by atoms with Crippen molar-refractivity contribution in [3.63, 3.8) is 0 Å². The van der Waals surface area contributed by atoms with Gasteiger partial charge < -0.3 is 10.0 Å². The van der Waals surface area contributed by atoms with Crippen molar-refractivity contribution in [2.24, 2.45) is 0 Å². The molecular formula is C15H19F4NO. The molecular weight excluding hydrogens is 286 g/mol. The number of benzene rings is 1. The van der Waals surface area contributed by atoms with Crippen LogP contribution in [0, 0.1) is 5.82 Å². The van der Waals surface area contributed by atoms with E-state index in [2.05, 4.69) is 0 Å². The van der Waals surface area contributed by atoms with Crippen LogP contribution in [0.3, 0.4) is 0 Å². The van der Waals surface area contributed by atoms with Crippen LogP contribution in [0.2, 0.25) is 0 Å². The number of halogens is 4. The Labute approximate surface area is 121 Å². The molecule has 2 rings (SSSR count). The molecule has 1 aliphatic carbocycles. The first-order valence-electron chi connectivity index (χ1n) is 6.91. The summed E-state index contributed by atoms with van der Waals surface area (Å²) in [5.74, 6) is -0.912. The van der Waals surface area contributed by atoms with Gasteiger partial charge in [-0.25, -0.2) is 4.39 Å². The minimum Gasteiger partial charge on any atom is -0.391 e. The fraction of sp³-hybridized carbons (Fsp3) is 0.600. The fourth-order valence-corrected chi connectivity index (χ4v) is 3.00. The van der Waals surface area contributed by atoms with Gasteiger partial charge in [-0.3, -0.25) is 0 Å². The zero-order valence-corrected chi connectivity index (χ0v) is 12.0. The number of likely N-dealkylation sites (N-methyl/N-ethyl adjacent to an activating group) is 1. The Morgan fingerprint density at radius 2 is 1.86 bits per heavy atom. The van der Waals surface area contributed by atoms with Crippen LogP contribution in [-0.2, 0) is 6.18 Å². The molecule has 1 saturated carbocycles. The molecule has 0 bridgehead atoms. The second-order valence-corrected chi connectivity index (χ2v) is 5.84. The molecule has 0 amide bonds. The highest BCUT2D eigenvalue weighted by molar-refractivity contribution is 5.30. The van der Waals surface area contributed by atoms with E-state index in [0.29, 0.717) is 19.3 Å². The summed E-state index contributed by atoms with van der Waals surface area (Å²) < 4.78 is 52.2. The van der Waals surface area contributed by atoms with E-state index < -0.39 is 23.7 Å². The van der Waals surface area contributed by atoms with Crippen molar-refractivity contribution in [3.05, 3.63) is 35.1 Å². The number of aliphatic hydroxyl groups is 1. The molecule has 0 saturated heterocycles. The molecule has 1 aromatic rings. The highest BCUT2D eigenvalue weighted by Crippen LogP contribution is 2.38. The number of aliphatic hydroxyl groups excluding tert-OH is 1. The lowest BCUT2D eigenvalue weighted by atomic mass is 9.79. The molecule has 6 heteroatoms. The van der Waals surface area contributed by atoms with Crippen LogP contribution in [0.15, 0.2) is 18.2 Å². The van der Waals surface area contributed by atoms with Crippen molar-refractivity contribution in [1.82, 2.24) is 4.90 Å². The summed E-state index contributed by atoms with van der Waals surface area (Å²) in [7, 11) is 3.61. The first-order valence-corrected chi connectivity index (χ1v) is 6.91. The van der Waals surface area contributed by atoms with Gasteiger partial charge in [0.25, 0.3) is 0 Å². The van der Waals surface area contributed by atoms with E-state index in [-0.39, 0.29) is 17.5 Å². The molecule has 0 radical (unpaired) electrons. The maximum Gasteiger partial charge on any atom is 0.416 e. The summed E-state index contributed by atoms with van der Waals surface area (Å²) in [6, 6.07) is 2.38. The van der Waals surface area contributed by atoms with Crippen molar-refractivity contribution < 1.29 is 22.7 Å². The Kier molecular flexibility index (Phi) is 4.58. The third kappa shape index (κ3) is 3.55. The van der Waals surface area contributed by atoms with E-state index >= 15 is 0 Å². The van der Waals surface area contributed by atoms with E-state index in [1.54, 1.807) is 14.1 Å². The van der Waals surface area contributed by atoms with Crippen molar-refractivity contribution >= 4 is 0 Å². The zero-order valence-electron chi connectivity index (χ0n) is 12.0. The average Bonchev–Trinajstić information content (AvgIpc) is 2.38. The van der Waals surface area contributed by atoms with Crippen LogP contribution in [0.4, 0.5) is 17.6 Å². The monoisotopic (exact) mass is 305 g/mol. The van der Waals surface area contributed by atoms with Crippen LogP contribution >= 0.6 is 0 Å². The lowest BCUT2D eigenvalue weighted by Crippen LogP contribution is -2.43. The number of nitrogens with zero attached hydrogens (tertiary/aromatic N) is 1. The lowest BCUT2D eigenvalue weighted by Gasteiger charge is -2.37. The van der Waals surface area contributed by atoms with Crippen LogP contribution in [-0.4, -0.2) is 36.2 Å². The fourth-order valence-electron chi connectivity index (χ4n) is 3.00. The third-order valence-corrected chi connectivity index (χ3v) is 4.21. The van der Waals surface area contributed by atoms with Crippen LogP contribution in [0.5, 0.6) is 0 Å². The maximum absolute atomic E-state index is 13.9. The van der Waals surface area contributed by atoms with Crippen molar-refractivity contribution in [2.45, 2.75) is 43.5 Å². The third-order valence-electron chi connectivity index (χ3n) is 4.21. The molecule has 21 heavy (non-hydrogen) atoms. The largest absolute Gasteiger partial charge is 0.416 e. The number of hydrogen-bond acceptors (Lipinski definition) is 2. The van der Waals surface area contributed by atoms with E-state index in [4.69, 9.17) is 0 Å². The smallest absolute Gasteiger partial charge is 0.391 e. The minimum absolute atomic E-state index is 0.101. The van der Waals surface area contributed by atoms with E-state index in [1.807, 2.05) is 4.90 Å². The molecule has 1 aliphatic rings. The standard InChI is InChI=1S/C15H19F4NO/c1-20(2)13-7-9(3-6-14(13)21)11-8-10(15(17,18)19)4-5-12(11)16/h4-5,8-9,13-14,21H,3,6-7H2,1-2H3/t9-,13-,14-/m0/s1. The van der Waals surface area contributed by atoms with E-state index in [0.717, 1.165) is 18.2 Å². The molecule has 0 unspecified atom stereocenters. The van der Waals surface area contributed by atoms with Gasteiger partial charge in [-0.2, -0.15) is 13.2 Å². The van der Waals surface area contributed by atoms with Gasteiger partial charge in [0.15, 0.2) is 0 Å². The van der Waals surface area contributed by atoms with Crippen LogP contribution in [0.25, 0.3) is 0 Å². The minimum atomic E-state index is -4.47. The molecule has 1 fully saturated rings. The molecule has 3 atom stereocenters. The second kappa shape index (κ2) is 5.93. The molecule has 2 nitrogen and oxygen atoms in total. The van der Waals surface area contributed by atoms with Gasteiger partial charge in [-0.15, -0.1) is 0 Å². The predicted molar refractivity (Wildman–Crippen MR) is 71.5 cm³/mol. The lowest BCUT2D eigenvalue weighted by molar-refractivity contribution is -0.137. The highest BCUT2D eigenvalue weighted by Gasteiger charge is 2.35. The quantitative estimate of drug-likeness (QED) is 0.847. The number of rotatable bonds is 2. The summed E-state index contributed by atoms with van der Waals surface area (Å²) in [4.78, 5) is 1.84.